The SMILES string of the molecule is CCCCCCCCCCCCCC(=O)OCCN1CC[N+](C)=C1C(C)CCCCCCCCCCCCC. The standard InChI is InChI=1S/C35H69N2O2/c1-5-7-9-11-13-15-17-19-21-23-25-27-33(3)35-36(4)29-30-37(35)31-32-39-34(38)28-26-24-22-20-18-16-14-12-10-8-6-2/h33H,5-32H2,1-4H3/q+1. The van der Waals surface area contributed by atoms with E-state index < -0.39 is 0 Å². The first kappa shape index (κ1) is 36.0. The number of hydrogen-bond acceptors (Lipinski definition) is 3. The number of carbonyl (C=O) groups excluding carboxylic acids is 1. The Balaban J connectivity index is 2.04. The fourth-order valence-electron chi connectivity index (χ4n) is 6.17. The lowest BCUT2D eigenvalue weighted by Crippen LogP contribution is -2.36. The summed E-state index contributed by atoms with van der Waals surface area (Å²) in [5, 5.41) is 0. The number of likely N-dealkylation sites (N-methyl/N-ethyl adjacent to an activating group) is 1. The van der Waals surface area contributed by atoms with Crippen LogP contribution in [0.15, 0.2) is 0 Å². The van der Waals surface area contributed by atoms with E-state index in [1.165, 1.54) is 141 Å². The molecule has 0 aromatic carbocycles. The summed E-state index contributed by atoms with van der Waals surface area (Å²) in [5.74, 6) is 2.04. The molecule has 1 unspecified atom stereocenters. The van der Waals surface area contributed by atoms with Gasteiger partial charge in [0, 0.05) is 6.42 Å². The molecule has 0 aliphatic carbocycles. The monoisotopic (exact) mass is 550 g/mol. The van der Waals surface area contributed by atoms with Crippen LogP contribution in [0.2, 0.25) is 0 Å². The van der Waals surface area contributed by atoms with Crippen LogP contribution in [0.1, 0.15) is 175 Å². The molecule has 39 heavy (non-hydrogen) atoms. The topological polar surface area (TPSA) is 32.5 Å². The van der Waals surface area contributed by atoms with Crippen LogP contribution >= 0.6 is 0 Å². The van der Waals surface area contributed by atoms with E-state index in [2.05, 4.69) is 37.3 Å². The molecular weight excluding hydrogens is 480 g/mol. The first-order valence-electron chi connectivity index (χ1n) is 17.6. The van der Waals surface area contributed by atoms with Crippen LogP contribution in [0, 0.1) is 5.92 Å². The molecule has 0 aromatic rings. The molecular formula is C35H69N2O2+. The van der Waals surface area contributed by atoms with E-state index in [-0.39, 0.29) is 5.97 Å². The second-order valence-electron chi connectivity index (χ2n) is 12.5. The van der Waals surface area contributed by atoms with Crippen LogP contribution in [-0.4, -0.2) is 54.6 Å². The van der Waals surface area contributed by atoms with Crippen molar-refractivity contribution in [3.8, 4) is 0 Å². The third-order valence-corrected chi connectivity index (χ3v) is 8.71. The molecule has 0 saturated carbocycles. The van der Waals surface area contributed by atoms with Crippen molar-refractivity contribution in [2.75, 3.05) is 33.3 Å². The van der Waals surface area contributed by atoms with Crippen molar-refractivity contribution in [1.29, 1.82) is 0 Å². The van der Waals surface area contributed by atoms with E-state index in [0.717, 1.165) is 32.5 Å². The zero-order valence-corrected chi connectivity index (χ0v) is 27.1. The highest BCUT2D eigenvalue weighted by Gasteiger charge is 2.32. The largest absolute Gasteiger partial charge is 0.462 e. The minimum absolute atomic E-state index is 0.00552. The summed E-state index contributed by atoms with van der Waals surface area (Å²) >= 11 is 0. The Bertz CT molecular complexity index is 603. The van der Waals surface area contributed by atoms with Gasteiger partial charge in [-0.25, -0.2) is 0 Å². The number of hydrogen-bond donors (Lipinski definition) is 0. The molecule has 1 rings (SSSR count). The van der Waals surface area contributed by atoms with Crippen molar-refractivity contribution in [2.45, 2.75) is 175 Å². The van der Waals surface area contributed by atoms with Gasteiger partial charge in [0.2, 0.25) is 5.84 Å². The van der Waals surface area contributed by atoms with Crippen molar-refractivity contribution < 1.29 is 14.1 Å². The van der Waals surface area contributed by atoms with Crippen molar-refractivity contribution in [3.63, 3.8) is 0 Å². The van der Waals surface area contributed by atoms with Crippen LogP contribution in [0.3, 0.4) is 0 Å². The maximum absolute atomic E-state index is 12.2. The van der Waals surface area contributed by atoms with Gasteiger partial charge in [-0.05, 0) is 12.8 Å². The van der Waals surface area contributed by atoms with Gasteiger partial charge in [-0.1, -0.05) is 156 Å². The van der Waals surface area contributed by atoms with Gasteiger partial charge in [-0.3, -0.25) is 14.3 Å². The number of esters is 1. The zero-order chi connectivity index (χ0) is 28.4. The average molecular weight is 550 g/mol. The summed E-state index contributed by atoms with van der Waals surface area (Å²) in [5.41, 5.74) is 0. The van der Waals surface area contributed by atoms with Gasteiger partial charge in [0.25, 0.3) is 0 Å². The highest BCUT2D eigenvalue weighted by Crippen LogP contribution is 2.18. The Morgan fingerprint density at radius 1 is 0.718 bits per heavy atom. The highest BCUT2D eigenvalue weighted by molar-refractivity contribution is 5.80. The van der Waals surface area contributed by atoms with Gasteiger partial charge >= 0.3 is 5.97 Å². The Kier molecular flexibility index (Phi) is 23.9. The predicted molar refractivity (Wildman–Crippen MR) is 170 cm³/mol. The van der Waals surface area contributed by atoms with E-state index >= 15 is 0 Å². The van der Waals surface area contributed by atoms with E-state index in [0.29, 0.717) is 18.9 Å². The molecule has 4 nitrogen and oxygen atoms in total. The molecule has 1 aliphatic heterocycles. The van der Waals surface area contributed by atoms with Crippen molar-refractivity contribution >= 4 is 11.8 Å². The molecule has 1 atom stereocenters. The number of amidine groups is 1. The molecule has 1 heterocycles. The molecule has 0 amide bonds. The van der Waals surface area contributed by atoms with Gasteiger partial charge in [0.1, 0.15) is 26.2 Å². The van der Waals surface area contributed by atoms with Gasteiger partial charge in [-0.2, -0.15) is 0 Å². The van der Waals surface area contributed by atoms with Gasteiger partial charge in [-0.15, -0.1) is 0 Å². The molecule has 0 N–H and O–H groups in total. The Labute approximate surface area is 244 Å². The maximum atomic E-state index is 12.2. The Hall–Kier alpha value is -1.06. The number of rotatable bonds is 28. The van der Waals surface area contributed by atoms with Crippen LogP contribution in [0.5, 0.6) is 0 Å². The fourth-order valence-corrected chi connectivity index (χ4v) is 6.17. The highest BCUT2D eigenvalue weighted by atomic mass is 16.5. The molecule has 0 radical (unpaired) electrons. The van der Waals surface area contributed by atoms with Crippen LogP contribution in [-0.2, 0) is 9.53 Å². The molecule has 1 aliphatic rings. The lowest BCUT2D eigenvalue weighted by molar-refractivity contribution is -0.489. The van der Waals surface area contributed by atoms with Crippen LogP contribution in [0.25, 0.3) is 0 Å². The average Bonchev–Trinajstić information content (AvgIpc) is 3.30. The van der Waals surface area contributed by atoms with Crippen molar-refractivity contribution in [3.05, 3.63) is 0 Å². The molecule has 0 spiro atoms. The molecule has 0 bridgehead atoms. The van der Waals surface area contributed by atoms with E-state index in [1.54, 1.807) is 0 Å². The quantitative estimate of drug-likeness (QED) is 0.0553. The van der Waals surface area contributed by atoms with Crippen molar-refractivity contribution in [2.24, 2.45) is 5.92 Å². The third kappa shape index (κ3) is 19.6. The lowest BCUT2D eigenvalue weighted by atomic mass is 9.99. The maximum Gasteiger partial charge on any atom is 0.305 e. The first-order chi connectivity index (χ1) is 19.1. The van der Waals surface area contributed by atoms with Gasteiger partial charge in [0.05, 0.1) is 13.0 Å². The van der Waals surface area contributed by atoms with Crippen LogP contribution in [0.4, 0.5) is 0 Å². The number of nitrogens with zero attached hydrogens (tertiary/aromatic N) is 2. The number of ether oxygens (including phenoxy) is 1. The molecule has 4 heteroatoms. The summed E-state index contributed by atoms with van der Waals surface area (Å²) in [7, 11) is 2.23. The molecule has 0 saturated heterocycles. The van der Waals surface area contributed by atoms with E-state index in [4.69, 9.17) is 4.74 Å². The second-order valence-corrected chi connectivity index (χ2v) is 12.5. The normalized spacial score (nSPS) is 14.4. The van der Waals surface area contributed by atoms with E-state index in [9.17, 15) is 4.79 Å². The summed E-state index contributed by atoms with van der Waals surface area (Å²) in [6, 6.07) is 0. The Morgan fingerprint density at radius 2 is 1.15 bits per heavy atom. The summed E-state index contributed by atoms with van der Waals surface area (Å²) in [6.45, 7) is 10.5. The first-order valence-corrected chi connectivity index (χ1v) is 17.6. The minimum atomic E-state index is -0.00552. The zero-order valence-electron chi connectivity index (χ0n) is 27.1. The molecule has 230 valence electrons. The van der Waals surface area contributed by atoms with Crippen molar-refractivity contribution in [1.82, 2.24) is 4.90 Å². The molecule has 0 aromatic heterocycles. The van der Waals surface area contributed by atoms with Gasteiger partial charge < -0.3 is 4.74 Å². The molecule has 0 fully saturated rings. The Morgan fingerprint density at radius 3 is 1.64 bits per heavy atom. The summed E-state index contributed by atoms with van der Waals surface area (Å²) < 4.78 is 8.05. The number of unbranched alkanes of at least 4 members (excludes halogenated alkanes) is 20. The summed E-state index contributed by atoms with van der Waals surface area (Å²) in [6.07, 6.45) is 31.7. The van der Waals surface area contributed by atoms with Gasteiger partial charge in [0.15, 0.2) is 0 Å². The minimum Gasteiger partial charge on any atom is -0.462 e. The summed E-state index contributed by atoms with van der Waals surface area (Å²) in [4.78, 5) is 14.7. The lowest BCUT2D eigenvalue weighted by Gasteiger charge is -2.18. The number of carbonyl (C=O) groups is 1. The third-order valence-electron chi connectivity index (χ3n) is 8.71. The fraction of sp³-hybridized carbons (Fsp3) is 0.943. The second kappa shape index (κ2) is 25.9. The van der Waals surface area contributed by atoms with Crippen LogP contribution < -0.4 is 0 Å². The van der Waals surface area contributed by atoms with E-state index in [1.807, 2.05) is 0 Å². The smallest absolute Gasteiger partial charge is 0.305 e. The predicted octanol–water partition coefficient (Wildman–Crippen LogP) is 9.92.